The first kappa shape index (κ1) is 38.7. The van der Waals surface area contributed by atoms with E-state index in [1.165, 1.54) is 11.1 Å². The van der Waals surface area contributed by atoms with E-state index in [0.717, 1.165) is 31.3 Å². The summed E-state index contributed by atoms with van der Waals surface area (Å²) in [6, 6.07) is 0. The van der Waals surface area contributed by atoms with Gasteiger partial charge >= 0.3 is 0 Å². The molecule has 8 N–H and O–H groups in total. The molecule has 0 aromatic carbocycles. The molecule has 0 amide bonds. The number of aliphatic hydroxyl groups excluding tert-OH is 8. The lowest BCUT2D eigenvalue weighted by Gasteiger charge is -2.42. The molecule has 254 valence electrons. The second kappa shape index (κ2) is 18.6. The Kier molecular flexibility index (Phi) is 16.3. The minimum Gasteiger partial charge on any atom is -0.394 e. The van der Waals surface area contributed by atoms with E-state index >= 15 is 0 Å². The fourth-order valence-electron chi connectivity index (χ4n) is 5.02. The minimum atomic E-state index is -1.50. The van der Waals surface area contributed by atoms with Crippen LogP contribution in [0.2, 0.25) is 0 Å². The molecule has 0 spiro atoms. The van der Waals surface area contributed by atoms with E-state index in [9.17, 15) is 40.9 Å². The lowest BCUT2D eigenvalue weighted by molar-refractivity contribution is -0.319. The van der Waals surface area contributed by atoms with Gasteiger partial charge in [0.15, 0.2) is 12.6 Å². The largest absolute Gasteiger partial charge is 0.394 e. The second-order valence-corrected chi connectivity index (χ2v) is 12.1. The van der Waals surface area contributed by atoms with Crippen LogP contribution in [-0.4, -0.2) is 128 Å². The first-order valence-electron chi connectivity index (χ1n) is 15.3. The average molecular weight is 631 g/mol. The first-order chi connectivity index (χ1) is 20.8. The Morgan fingerprint density at radius 2 is 1.14 bits per heavy atom. The van der Waals surface area contributed by atoms with Gasteiger partial charge in [-0.3, -0.25) is 0 Å². The molecule has 0 aliphatic carbocycles. The third kappa shape index (κ3) is 11.4. The van der Waals surface area contributed by atoms with Crippen LogP contribution in [0.3, 0.4) is 0 Å². The molecule has 0 radical (unpaired) electrons. The smallest absolute Gasteiger partial charge is 0.187 e. The minimum absolute atomic E-state index is 0.175. The standard InChI is InChI=1S/C32H54O12/c1-6-32(5,44-31-29(40)27(38)25(36)23(17-34)43-31)15-9-14-20(3)11-7-10-19(2)12-8-13-21(4)18-41-30-28(39)26(37)24(35)22(16-33)42-30/h6,10,13-14,22-31,33-40H,1,7-9,11-12,15-18H2,2-5H3/b19-10-,20-14+,21-13+. The van der Waals surface area contributed by atoms with Crippen molar-refractivity contribution in [1.82, 2.24) is 0 Å². The molecular weight excluding hydrogens is 576 g/mol. The lowest BCUT2D eigenvalue weighted by Crippen LogP contribution is -2.60. The molecule has 0 bridgehead atoms. The quantitative estimate of drug-likeness (QED) is 0.105. The van der Waals surface area contributed by atoms with E-state index in [2.05, 4.69) is 32.6 Å². The van der Waals surface area contributed by atoms with Gasteiger partial charge in [-0.25, -0.2) is 0 Å². The summed E-state index contributed by atoms with van der Waals surface area (Å²) in [5.41, 5.74) is 2.53. The summed E-state index contributed by atoms with van der Waals surface area (Å²) in [5, 5.41) is 78.8. The third-order valence-corrected chi connectivity index (χ3v) is 8.19. The maximum absolute atomic E-state index is 10.3. The summed E-state index contributed by atoms with van der Waals surface area (Å²) in [7, 11) is 0. The summed E-state index contributed by atoms with van der Waals surface area (Å²) >= 11 is 0. The van der Waals surface area contributed by atoms with Gasteiger partial charge in [-0.05, 0) is 66.2 Å². The molecule has 12 nitrogen and oxygen atoms in total. The van der Waals surface area contributed by atoms with E-state index < -0.39 is 80.2 Å². The molecule has 2 aliphatic heterocycles. The highest BCUT2D eigenvalue weighted by Gasteiger charge is 2.46. The molecule has 2 heterocycles. The Balaban J connectivity index is 1.73. The Labute approximate surface area is 260 Å². The first-order valence-corrected chi connectivity index (χ1v) is 15.3. The van der Waals surface area contributed by atoms with Gasteiger partial charge in [0.2, 0.25) is 0 Å². The summed E-state index contributed by atoms with van der Waals surface area (Å²) in [5.74, 6) is 0. The van der Waals surface area contributed by atoms with E-state index in [4.69, 9.17) is 18.9 Å². The fraction of sp³-hybridized carbons (Fsp3) is 0.750. The Morgan fingerprint density at radius 3 is 1.64 bits per heavy atom. The summed E-state index contributed by atoms with van der Waals surface area (Å²) < 4.78 is 22.4. The summed E-state index contributed by atoms with van der Waals surface area (Å²) in [6.45, 7) is 10.8. The molecule has 2 fully saturated rings. The number of rotatable bonds is 17. The van der Waals surface area contributed by atoms with Crippen LogP contribution in [0.15, 0.2) is 47.6 Å². The van der Waals surface area contributed by atoms with Crippen LogP contribution in [0, 0.1) is 0 Å². The van der Waals surface area contributed by atoms with Gasteiger partial charge in [0.25, 0.3) is 0 Å². The number of allylic oxidation sites excluding steroid dienone is 5. The Hall–Kier alpha value is -1.52. The van der Waals surface area contributed by atoms with Crippen molar-refractivity contribution in [2.45, 2.75) is 133 Å². The SMILES string of the molecule is C=CC(C)(CC/C=C(\C)CC/C=C(/C)CC/C=C(\C)COC1OC(CO)C(O)C(O)C1O)OC1OC(CO)C(O)C(O)C1O. The van der Waals surface area contributed by atoms with Crippen LogP contribution < -0.4 is 0 Å². The molecule has 0 saturated carbocycles. The molecule has 2 rings (SSSR count). The van der Waals surface area contributed by atoms with Crippen LogP contribution in [-0.2, 0) is 18.9 Å². The molecule has 12 heteroatoms. The van der Waals surface area contributed by atoms with Crippen LogP contribution in [0.25, 0.3) is 0 Å². The van der Waals surface area contributed by atoms with Crippen LogP contribution in [0.1, 0.15) is 66.2 Å². The van der Waals surface area contributed by atoms with Gasteiger partial charge < -0.3 is 59.8 Å². The molecular formula is C32H54O12. The highest BCUT2D eigenvalue weighted by atomic mass is 16.7. The molecule has 2 aliphatic rings. The van der Waals surface area contributed by atoms with Crippen molar-refractivity contribution >= 4 is 0 Å². The fourth-order valence-corrected chi connectivity index (χ4v) is 5.02. The maximum atomic E-state index is 10.3. The molecule has 0 aromatic heterocycles. The van der Waals surface area contributed by atoms with Gasteiger partial charge in [0, 0.05) is 0 Å². The predicted octanol–water partition coefficient (Wildman–Crippen LogP) is 0.744. The van der Waals surface area contributed by atoms with E-state index in [-0.39, 0.29) is 6.61 Å². The van der Waals surface area contributed by atoms with Crippen molar-refractivity contribution in [1.29, 1.82) is 0 Å². The number of ether oxygens (including phenoxy) is 4. The van der Waals surface area contributed by atoms with Crippen molar-refractivity contribution in [2.75, 3.05) is 19.8 Å². The van der Waals surface area contributed by atoms with E-state index in [1.54, 1.807) is 13.0 Å². The predicted molar refractivity (Wildman–Crippen MR) is 162 cm³/mol. The van der Waals surface area contributed by atoms with Crippen molar-refractivity contribution in [3.05, 3.63) is 47.6 Å². The Bertz CT molecular complexity index is 963. The highest BCUT2D eigenvalue weighted by Crippen LogP contribution is 2.29. The topological polar surface area (TPSA) is 199 Å². The van der Waals surface area contributed by atoms with Gasteiger partial charge in [-0.1, -0.05) is 41.0 Å². The zero-order valence-corrected chi connectivity index (χ0v) is 26.4. The van der Waals surface area contributed by atoms with Gasteiger partial charge in [0.05, 0.1) is 25.4 Å². The van der Waals surface area contributed by atoms with Crippen LogP contribution in [0.4, 0.5) is 0 Å². The summed E-state index contributed by atoms with van der Waals surface area (Å²) in [6.07, 6.45) is -0.458. The van der Waals surface area contributed by atoms with Crippen LogP contribution in [0.5, 0.6) is 0 Å². The molecule has 11 atom stereocenters. The van der Waals surface area contributed by atoms with Crippen molar-refractivity contribution in [3.8, 4) is 0 Å². The van der Waals surface area contributed by atoms with Gasteiger partial charge in [-0.15, -0.1) is 6.58 Å². The molecule has 11 unspecified atom stereocenters. The zero-order valence-electron chi connectivity index (χ0n) is 26.4. The van der Waals surface area contributed by atoms with Gasteiger partial charge in [-0.2, -0.15) is 0 Å². The number of hydrogen-bond donors (Lipinski definition) is 8. The second-order valence-electron chi connectivity index (χ2n) is 12.1. The Morgan fingerprint density at radius 1 is 0.682 bits per heavy atom. The average Bonchev–Trinajstić information content (AvgIpc) is 2.99. The third-order valence-electron chi connectivity index (χ3n) is 8.19. The number of hydrogen-bond acceptors (Lipinski definition) is 12. The van der Waals surface area contributed by atoms with E-state index in [1.807, 2.05) is 13.0 Å². The van der Waals surface area contributed by atoms with E-state index in [0.29, 0.717) is 12.8 Å². The van der Waals surface area contributed by atoms with Crippen molar-refractivity contribution in [2.24, 2.45) is 0 Å². The normalized spacial score (nSPS) is 35.4. The number of aliphatic hydroxyl groups is 8. The lowest BCUT2D eigenvalue weighted by atomic mass is 9.96. The van der Waals surface area contributed by atoms with Crippen LogP contribution >= 0.6 is 0 Å². The summed E-state index contributed by atoms with van der Waals surface area (Å²) in [4.78, 5) is 0. The maximum Gasteiger partial charge on any atom is 0.187 e. The molecule has 44 heavy (non-hydrogen) atoms. The molecule has 0 aromatic rings. The van der Waals surface area contributed by atoms with Gasteiger partial charge in [0.1, 0.15) is 48.8 Å². The van der Waals surface area contributed by atoms with Crippen molar-refractivity contribution in [3.63, 3.8) is 0 Å². The highest BCUT2D eigenvalue weighted by molar-refractivity contribution is 5.07. The zero-order chi connectivity index (χ0) is 33.0. The van der Waals surface area contributed by atoms with Crippen molar-refractivity contribution < 1.29 is 59.8 Å². The molecule has 2 saturated heterocycles. The monoisotopic (exact) mass is 630 g/mol.